The molecule has 0 amide bonds. The molecule has 4 rings (SSSR count). The van der Waals surface area contributed by atoms with Crippen LogP contribution in [0, 0.1) is 6.92 Å². The predicted octanol–water partition coefficient (Wildman–Crippen LogP) is 2.34. The van der Waals surface area contributed by atoms with E-state index in [1.165, 1.54) is 0 Å². The molecule has 0 radical (unpaired) electrons. The van der Waals surface area contributed by atoms with Crippen LogP contribution in [-0.4, -0.2) is 51.0 Å². The van der Waals surface area contributed by atoms with Crippen LogP contribution in [0.4, 0.5) is 0 Å². The molecular weight excluding hydrogens is 338 g/mol. The first-order valence-corrected chi connectivity index (χ1v) is 9.97. The van der Waals surface area contributed by atoms with Gasteiger partial charge in [-0.2, -0.15) is 0 Å². The van der Waals surface area contributed by atoms with Crippen LogP contribution in [0.25, 0.3) is 21.9 Å². The minimum absolute atomic E-state index is 0.0678. The summed E-state index contributed by atoms with van der Waals surface area (Å²) in [4.78, 5) is 16.7. The molecule has 1 fully saturated rings. The maximum absolute atomic E-state index is 12.5. The Bertz CT molecular complexity index is 1060. The minimum Gasteiger partial charge on any atom is -0.346 e. The van der Waals surface area contributed by atoms with Crippen LogP contribution in [-0.2, 0) is 10.0 Å². The quantitative estimate of drug-likeness (QED) is 0.775. The first-order chi connectivity index (χ1) is 11.9. The number of hydrogen-bond donors (Lipinski definition) is 1. The van der Waals surface area contributed by atoms with Gasteiger partial charge in [-0.3, -0.25) is 0 Å². The molecule has 0 aliphatic carbocycles. The van der Waals surface area contributed by atoms with Crippen molar-refractivity contribution in [3.05, 3.63) is 30.0 Å². The van der Waals surface area contributed by atoms with Gasteiger partial charge in [0.15, 0.2) is 0 Å². The Labute approximate surface area is 146 Å². The third-order valence-electron chi connectivity index (χ3n) is 4.88. The van der Waals surface area contributed by atoms with Crippen LogP contribution in [0.2, 0.25) is 0 Å². The molecule has 1 unspecified atom stereocenters. The van der Waals surface area contributed by atoms with Crippen LogP contribution < -0.4 is 0 Å². The van der Waals surface area contributed by atoms with E-state index in [1.54, 1.807) is 24.3 Å². The average molecular weight is 359 g/mol. The van der Waals surface area contributed by atoms with E-state index in [1.807, 2.05) is 19.2 Å². The van der Waals surface area contributed by atoms with Crippen molar-refractivity contribution in [2.45, 2.75) is 38.4 Å². The molecule has 0 spiro atoms. The zero-order valence-electron chi connectivity index (χ0n) is 14.5. The molecule has 3 aromatic rings. The standard InChI is InChI=1S/C17H21N5O2S/c1-10(2)25(23,24)22-7-5-12(9-22)16-15-13-4-6-18-17(13)19-8-14(15)20-11(3)21-16/h4,6,8,10,12H,5,7,9H2,1-3H3,(H,18,19). The van der Waals surface area contributed by atoms with Crippen LogP contribution in [0.15, 0.2) is 18.5 Å². The summed E-state index contributed by atoms with van der Waals surface area (Å²) in [5.74, 6) is 0.752. The van der Waals surface area contributed by atoms with Gasteiger partial charge in [0.05, 0.1) is 22.7 Å². The van der Waals surface area contributed by atoms with E-state index in [9.17, 15) is 8.42 Å². The van der Waals surface area contributed by atoms with Crippen molar-refractivity contribution in [2.75, 3.05) is 13.1 Å². The van der Waals surface area contributed by atoms with Gasteiger partial charge in [-0.1, -0.05) is 0 Å². The number of aryl methyl sites for hydroxylation is 1. The summed E-state index contributed by atoms with van der Waals surface area (Å²) in [6.45, 7) is 6.32. The Kier molecular flexibility index (Phi) is 3.77. The number of aromatic nitrogens is 4. The second-order valence-electron chi connectivity index (χ2n) is 6.85. The second-order valence-corrected chi connectivity index (χ2v) is 9.34. The van der Waals surface area contributed by atoms with Crippen LogP contribution in [0.3, 0.4) is 0 Å². The maximum Gasteiger partial charge on any atom is 0.216 e. The van der Waals surface area contributed by atoms with Gasteiger partial charge >= 0.3 is 0 Å². The average Bonchev–Trinajstić information content (AvgIpc) is 3.23. The fourth-order valence-electron chi connectivity index (χ4n) is 3.56. The number of rotatable bonds is 3. The van der Waals surface area contributed by atoms with E-state index < -0.39 is 15.3 Å². The van der Waals surface area contributed by atoms with Crippen LogP contribution >= 0.6 is 0 Å². The molecule has 132 valence electrons. The minimum atomic E-state index is -3.24. The number of fused-ring (bicyclic) bond motifs is 3. The Morgan fingerprint density at radius 2 is 2.12 bits per heavy atom. The van der Waals surface area contributed by atoms with Crippen molar-refractivity contribution in [2.24, 2.45) is 0 Å². The summed E-state index contributed by atoms with van der Waals surface area (Å²) >= 11 is 0. The van der Waals surface area contributed by atoms with Crippen molar-refractivity contribution in [3.63, 3.8) is 0 Å². The van der Waals surface area contributed by atoms with E-state index in [0.29, 0.717) is 18.9 Å². The van der Waals surface area contributed by atoms with Crippen molar-refractivity contribution in [1.82, 2.24) is 24.2 Å². The number of hydrogen-bond acceptors (Lipinski definition) is 5. The van der Waals surface area contributed by atoms with Gasteiger partial charge in [-0.15, -0.1) is 0 Å². The molecule has 3 aromatic heterocycles. The van der Waals surface area contributed by atoms with E-state index in [-0.39, 0.29) is 5.92 Å². The molecular formula is C17H21N5O2S. The van der Waals surface area contributed by atoms with Gasteiger partial charge in [-0.05, 0) is 33.3 Å². The van der Waals surface area contributed by atoms with Gasteiger partial charge in [0.1, 0.15) is 11.5 Å². The van der Waals surface area contributed by atoms with E-state index in [0.717, 1.165) is 34.1 Å². The van der Waals surface area contributed by atoms with E-state index in [4.69, 9.17) is 4.98 Å². The molecule has 1 N–H and O–H groups in total. The van der Waals surface area contributed by atoms with Gasteiger partial charge < -0.3 is 4.98 Å². The van der Waals surface area contributed by atoms with Crippen LogP contribution in [0.5, 0.6) is 0 Å². The maximum atomic E-state index is 12.5. The molecule has 1 saturated heterocycles. The lowest BCUT2D eigenvalue weighted by molar-refractivity contribution is 0.465. The summed E-state index contributed by atoms with van der Waals surface area (Å²) in [6.07, 6.45) is 4.38. The van der Waals surface area contributed by atoms with Gasteiger partial charge in [0.2, 0.25) is 10.0 Å². The molecule has 1 atom stereocenters. The lowest BCUT2D eigenvalue weighted by Crippen LogP contribution is -2.34. The highest BCUT2D eigenvalue weighted by molar-refractivity contribution is 7.89. The zero-order chi connectivity index (χ0) is 17.8. The zero-order valence-corrected chi connectivity index (χ0v) is 15.3. The van der Waals surface area contributed by atoms with Gasteiger partial charge in [-0.25, -0.2) is 27.7 Å². The van der Waals surface area contributed by atoms with E-state index in [2.05, 4.69) is 15.0 Å². The SMILES string of the molecule is Cc1nc(C2CCN(S(=O)(=O)C(C)C)C2)c2c(cnc3[nH]ccc32)n1. The highest BCUT2D eigenvalue weighted by Gasteiger charge is 2.35. The number of H-pyrrole nitrogens is 1. The Hall–Kier alpha value is -2.06. The van der Waals surface area contributed by atoms with Crippen molar-refractivity contribution in [1.29, 1.82) is 0 Å². The number of sulfonamides is 1. The number of nitrogens with zero attached hydrogens (tertiary/aromatic N) is 4. The van der Waals surface area contributed by atoms with Crippen molar-refractivity contribution >= 4 is 32.0 Å². The normalized spacial score (nSPS) is 19.4. The summed E-state index contributed by atoms with van der Waals surface area (Å²) in [5.41, 5.74) is 2.53. The number of pyridine rings is 1. The lowest BCUT2D eigenvalue weighted by Gasteiger charge is -2.19. The Morgan fingerprint density at radius 1 is 1.32 bits per heavy atom. The summed E-state index contributed by atoms with van der Waals surface area (Å²) in [6, 6.07) is 1.98. The number of aromatic amines is 1. The fourth-order valence-corrected chi connectivity index (χ4v) is 4.90. The van der Waals surface area contributed by atoms with Gasteiger partial charge in [0.25, 0.3) is 0 Å². The second kappa shape index (κ2) is 5.74. The lowest BCUT2D eigenvalue weighted by atomic mass is 9.99. The van der Waals surface area contributed by atoms with Crippen molar-refractivity contribution in [3.8, 4) is 0 Å². The topological polar surface area (TPSA) is 91.8 Å². The summed E-state index contributed by atoms with van der Waals surface area (Å²) in [7, 11) is -3.24. The molecule has 4 heterocycles. The monoisotopic (exact) mass is 359 g/mol. The fraction of sp³-hybridized carbons (Fsp3) is 0.471. The van der Waals surface area contributed by atoms with Crippen LogP contribution in [0.1, 0.15) is 37.7 Å². The molecule has 1 aliphatic heterocycles. The first-order valence-electron chi connectivity index (χ1n) is 8.47. The highest BCUT2D eigenvalue weighted by atomic mass is 32.2. The molecule has 0 saturated carbocycles. The molecule has 25 heavy (non-hydrogen) atoms. The number of nitrogens with one attached hydrogen (secondary N) is 1. The first kappa shape index (κ1) is 16.4. The van der Waals surface area contributed by atoms with Gasteiger partial charge in [0, 0.05) is 36.0 Å². The summed E-state index contributed by atoms with van der Waals surface area (Å²) < 4.78 is 26.6. The molecule has 0 bridgehead atoms. The molecule has 8 heteroatoms. The summed E-state index contributed by atoms with van der Waals surface area (Å²) in [5, 5.41) is 1.55. The third-order valence-corrected chi connectivity index (χ3v) is 7.12. The highest BCUT2D eigenvalue weighted by Crippen LogP contribution is 2.35. The molecule has 0 aromatic carbocycles. The Balaban J connectivity index is 1.83. The van der Waals surface area contributed by atoms with Crippen molar-refractivity contribution < 1.29 is 8.42 Å². The molecule has 7 nitrogen and oxygen atoms in total. The predicted molar refractivity (Wildman–Crippen MR) is 96.9 cm³/mol. The Morgan fingerprint density at radius 3 is 2.88 bits per heavy atom. The smallest absolute Gasteiger partial charge is 0.216 e. The molecule has 1 aliphatic rings. The third kappa shape index (κ3) is 2.60. The largest absolute Gasteiger partial charge is 0.346 e. The van der Waals surface area contributed by atoms with E-state index >= 15 is 0 Å².